The van der Waals surface area contributed by atoms with Crippen LogP contribution in [0.2, 0.25) is 0 Å². The quantitative estimate of drug-likeness (QED) is 0.628. The molecule has 1 amide bonds. The highest BCUT2D eigenvalue weighted by atomic mass is 32.2. The van der Waals surface area contributed by atoms with Crippen LogP contribution in [0.15, 0.2) is 51.9 Å². The van der Waals surface area contributed by atoms with Crippen molar-refractivity contribution < 1.29 is 17.7 Å². The van der Waals surface area contributed by atoms with E-state index in [0.717, 1.165) is 24.0 Å². The van der Waals surface area contributed by atoms with Crippen LogP contribution in [0.25, 0.3) is 0 Å². The SMILES string of the molecule is Cc1cccc(NS(=O)(=O)c2ccc(C)c(C(=O)N3CCCC(c4nc(C)no4)C3)c2)c1. The van der Waals surface area contributed by atoms with E-state index in [-0.39, 0.29) is 16.7 Å². The van der Waals surface area contributed by atoms with E-state index >= 15 is 0 Å². The summed E-state index contributed by atoms with van der Waals surface area (Å²) in [4.78, 5) is 19.4. The van der Waals surface area contributed by atoms with Gasteiger partial charge in [-0.05, 0) is 69.0 Å². The Morgan fingerprint density at radius 3 is 2.69 bits per heavy atom. The van der Waals surface area contributed by atoms with Gasteiger partial charge >= 0.3 is 0 Å². The predicted octanol–water partition coefficient (Wildman–Crippen LogP) is 3.82. The number of hydrogen-bond donors (Lipinski definition) is 1. The van der Waals surface area contributed by atoms with E-state index in [1.54, 1.807) is 43.0 Å². The van der Waals surface area contributed by atoms with Crippen LogP contribution in [0, 0.1) is 20.8 Å². The summed E-state index contributed by atoms with van der Waals surface area (Å²) in [6, 6.07) is 11.8. The lowest BCUT2D eigenvalue weighted by molar-refractivity contribution is 0.0694. The van der Waals surface area contributed by atoms with Gasteiger partial charge in [0.2, 0.25) is 5.89 Å². The first kappa shape index (κ1) is 22.0. The summed E-state index contributed by atoms with van der Waals surface area (Å²) in [5, 5.41) is 3.85. The highest BCUT2D eigenvalue weighted by molar-refractivity contribution is 7.92. The number of rotatable bonds is 5. The van der Waals surface area contributed by atoms with Crippen molar-refractivity contribution in [1.29, 1.82) is 0 Å². The Hall–Kier alpha value is -3.20. The number of sulfonamides is 1. The summed E-state index contributed by atoms with van der Waals surface area (Å²) in [6.45, 7) is 6.51. The van der Waals surface area contributed by atoms with Crippen molar-refractivity contribution in [3.8, 4) is 0 Å². The third-order valence-electron chi connectivity index (χ3n) is 5.62. The Balaban J connectivity index is 1.57. The molecule has 0 spiro atoms. The van der Waals surface area contributed by atoms with Gasteiger partial charge in [0.1, 0.15) is 0 Å². The largest absolute Gasteiger partial charge is 0.339 e. The summed E-state index contributed by atoms with van der Waals surface area (Å²) in [5.74, 6) is 0.883. The molecule has 0 aliphatic carbocycles. The van der Waals surface area contributed by atoms with Gasteiger partial charge in [0.15, 0.2) is 5.82 Å². The molecule has 1 saturated heterocycles. The zero-order valence-electron chi connectivity index (χ0n) is 18.3. The minimum absolute atomic E-state index is 0.0240. The average molecular weight is 455 g/mol. The Morgan fingerprint density at radius 2 is 1.97 bits per heavy atom. The zero-order chi connectivity index (χ0) is 22.9. The van der Waals surface area contributed by atoms with Crippen LogP contribution >= 0.6 is 0 Å². The number of anilines is 1. The number of nitrogens with zero attached hydrogens (tertiary/aromatic N) is 3. The molecule has 4 rings (SSSR count). The van der Waals surface area contributed by atoms with Crippen LogP contribution in [-0.2, 0) is 10.0 Å². The molecule has 1 aliphatic rings. The van der Waals surface area contributed by atoms with Crippen LogP contribution in [0.3, 0.4) is 0 Å². The van der Waals surface area contributed by atoms with E-state index in [4.69, 9.17) is 4.52 Å². The summed E-state index contributed by atoms with van der Waals surface area (Å²) in [6.07, 6.45) is 1.67. The molecule has 0 bridgehead atoms. The fourth-order valence-corrected chi connectivity index (χ4v) is 5.01. The third kappa shape index (κ3) is 4.67. The standard InChI is InChI=1S/C23H26N4O4S/c1-15-6-4-8-19(12-15)26-32(29,30)20-10-9-16(2)21(13-20)23(28)27-11-5-7-18(14-27)22-24-17(3)25-31-22/h4,6,8-10,12-13,18,26H,5,7,11,14H2,1-3H3. The van der Waals surface area contributed by atoms with Gasteiger partial charge in [-0.1, -0.05) is 23.4 Å². The van der Waals surface area contributed by atoms with Crippen molar-refractivity contribution in [1.82, 2.24) is 15.0 Å². The molecule has 32 heavy (non-hydrogen) atoms. The molecule has 0 saturated carbocycles. The summed E-state index contributed by atoms with van der Waals surface area (Å²) >= 11 is 0. The lowest BCUT2D eigenvalue weighted by Gasteiger charge is -2.31. The number of carbonyl (C=O) groups is 1. The molecule has 3 aromatic rings. The van der Waals surface area contributed by atoms with Gasteiger partial charge < -0.3 is 9.42 Å². The Bertz CT molecular complexity index is 1250. The Kier molecular flexibility index (Phi) is 6.01. The number of piperidine rings is 1. The number of benzene rings is 2. The van der Waals surface area contributed by atoms with E-state index in [9.17, 15) is 13.2 Å². The fraction of sp³-hybridized carbons (Fsp3) is 0.348. The highest BCUT2D eigenvalue weighted by Crippen LogP contribution is 2.28. The maximum atomic E-state index is 13.3. The molecular formula is C23H26N4O4S. The minimum Gasteiger partial charge on any atom is -0.339 e. The van der Waals surface area contributed by atoms with E-state index in [1.807, 2.05) is 13.0 Å². The predicted molar refractivity (Wildman–Crippen MR) is 120 cm³/mol. The second-order valence-corrected chi connectivity index (χ2v) is 9.90. The van der Waals surface area contributed by atoms with Crippen molar-refractivity contribution in [3.63, 3.8) is 0 Å². The molecule has 1 N–H and O–H groups in total. The summed E-state index contributed by atoms with van der Waals surface area (Å²) < 4.78 is 33.8. The van der Waals surface area contributed by atoms with Gasteiger partial charge in [0.25, 0.3) is 15.9 Å². The normalized spacial score (nSPS) is 16.7. The van der Waals surface area contributed by atoms with Crippen molar-refractivity contribution in [2.75, 3.05) is 17.8 Å². The molecule has 1 aromatic heterocycles. The lowest BCUT2D eigenvalue weighted by Crippen LogP contribution is -2.39. The van der Waals surface area contributed by atoms with Crippen molar-refractivity contribution in [2.45, 2.75) is 44.4 Å². The van der Waals surface area contributed by atoms with Crippen LogP contribution in [0.4, 0.5) is 5.69 Å². The first-order valence-electron chi connectivity index (χ1n) is 10.5. The molecular weight excluding hydrogens is 428 g/mol. The van der Waals surface area contributed by atoms with E-state index in [2.05, 4.69) is 14.9 Å². The third-order valence-corrected chi connectivity index (χ3v) is 7.00. The van der Waals surface area contributed by atoms with Crippen LogP contribution in [0.1, 0.15) is 52.0 Å². The molecule has 0 radical (unpaired) electrons. The number of hydrogen-bond acceptors (Lipinski definition) is 6. The molecule has 1 atom stereocenters. The van der Waals surface area contributed by atoms with Crippen LogP contribution in [0.5, 0.6) is 0 Å². The molecule has 1 aliphatic heterocycles. The van der Waals surface area contributed by atoms with Crippen LogP contribution in [-0.4, -0.2) is 42.5 Å². The molecule has 2 heterocycles. The number of aromatic nitrogens is 2. The van der Waals surface area contributed by atoms with E-state index in [0.29, 0.717) is 36.1 Å². The second kappa shape index (κ2) is 8.74. The van der Waals surface area contributed by atoms with Gasteiger partial charge in [-0.2, -0.15) is 4.98 Å². The lowest BCUT2D eigenvalue weighted by atomic mass is 9.96. The molecule has 168 valence electrons. The maximum absolute atomic E-state index is 13.3. The van der Waals surface area contributed by atoms with Gasteiger partial charge in [-0.25, -0.2) is 8.42 Å². The smallest absolute Gasteiger partial charge is 0.261 e. The summed E-state index contributed by atoms with van der Waals surface area (Å²) in [7, 11) is -3.84. The Labute approximate surface area is 187 Å². The first-order valence-corrected chi connectivity index (χ1v) is 12.0. The number of nitrogens with one attached hydrogen (secondary N) is 1. The molecule has 1 unspecified atom stereocenters. The van der Waals surface area contributed by atoms with Crippen LogP contribution < -0.4 is 4.72 Å². The van der Waals surface area contributed by atoms with Gasteiger partial charge in [-0.15, -0.1) is 0 Å². The van der Waals surface area contributed by atoms with E-state index in [1.165, 1.54) is 12.1 Å². The minimum atomic E-state index is -3.84. The van der Waals surface area contributed by atoms with Gasteiger partial charge in [0.05, 0.1) is 10.8 Å². The molecule has 8 nitrogen and oxygen atoms in total. The zero-order valence-corrected chi connectivity index (χ0v) is 19.1. The maximum Gasteiger partial charge on any atom is 0.261 e. The van der Waals surface area contributed by atoms with Gasteiger partial charge in [0, 0.05) is 24.3 Å². The molecule has 9 heteroatoms. The van der Waals surface area contributed by atoms with Crippen molar-refractivity contribution in [3.05, 3.63) is 70.9 Å². The average Bonchev–Trinajstić information content (AvgIpc) is 3.19. The van der Waals surface area contributed by atoms with E-state index < -0.39 is 10.0 Å². The second-order valence-electron chi connectivity index (χ2n) is 8.22. The fourth-order valence-electron chi connectivity index (χ4n) is 3.93. The molecule has 1 fully saturated rings. The van der Waals surface area contributed by atoms with Gasteiger partial charge in [-0.3, -0.25) is 9.52 Å². The summed E-state index contributed by atoms with van der Waals surface area (Å²) in [5.41, 5.74) is 2.52. The highest BCUT2D eigenvalue weighted by Gasteiger charge is 2.30. The van der Waals surface area contributed by atoms with Crippen molar-refractivity contribution >= 4 is 21.6 Å². The number of carbonyl (C=O) groups excluding carboxylic acids is 1. The Morgan fingerprint density at radius 1 is 1.16 bits per heavy atom. The topological polar surface area (TPSA) is 105 Å². The number of amides is 1. The number of likely N-dealkylation sites (tertiary alicyclic amines) is 1. The first-order chi connectivity index (χ1) is 15.2. The number of aryl methyl sites for hydroxylation is 3. The monoisotopic (exact) mass is 454 g/mol. The molecule has 2 aromatic carbocycles. The van der Waals surface area contributed by atoms with Crippen molar-refractivity contribution in [2.24, 2.45) is 0 Å².